The quantitative estimate of drug-likeness (QED) is 0.441. The first kappa shape index (κ1) is 24.4. The average molecular weight is 467 g/mol. The van der Waals surface area contributed by atoms with Crippen molar-refractivity contribution >= 4 is 23.8 Å². The lowest BCUT2D eigenvalue weighted by atomic mass is 9.81. The molecule has 2 aliphatic rings. The van der Waals surface area contributed by atoms with Crippen molar-refractivity contribution in [1.29, 1.82) is 0 Å². The zero-order chi connectivity index (χ0) is 24.0. The Morgan fingerprint density at radius 1 is 1.12 bits per heavy atom. The highest BCUT2D eigenvalue weighted by molar-refractivity contribution is 6.08. The second-order valence-corrected chi connectivity index (χ2v) is 8.11. The standard InChI is InChI=1S/C22H27F2N3O6/c1-26-21(31)27(19(30)22(26)10-3-2-4-11-22)13-18(29)32-14-17(28)25-12-9-15-5-7-16(8-6-15)33-20(23)24/h5-8,20H,2-4,9-14H2,1H3,(H,25,28). The number of likely N-dealkylation sites (N-methyl/N-ethyl adjacent to an activating group) is 1. The Hall–Kier alpha value is -3.24. The van der Waals surface area contributed by atoms with Gasteiger partial charge in [-0.05, 0) is 37.0 Å². The van der Waals surface area contributed by atoms with Gasteiger partial charge in [0, 0.05) is 13.6 Å². The normalized spacial score (nSPS) is 17.6. The third kappa shape index (κ3) is 5.77. The molecule has 2 fully saturated rings. The minimum Gasteiger partial charge on any atom is -0.454 e. The highest BCUT2D eigenvalue weighted by Crippen LogP contribution is 2.39. The van der Waals surface area contributed by atoms with E-state index in [1.165, 1.54) is 17.0 Å². The molecular formula is C22H27F2N3O6. The first-order valence-corrected chi connectivity index (χ1v) is 10.8. The summed E-state index contributed by atoms with van der Waals surface area (Å²) < 4.78 is 33.5. The number of carbonyl (C=O) groups excluding carboxylic acids is 4. The molecule has 0 aromatic heterocycles. The van der Waals surface area contributed by atoms with Gasteiger partial charge in [0.25, 0.3) is 11.8 Å². The van der Waals surface area contributed by atoms with Crippen molar-refractivity contribution in [2.24, 2.45) is 0 Å². The summed E-state index contributed by atoms with van der Waals surface area (Å²) >= 11 is 0. The number of urea groups is 1. The van der Waals surface area contributed by atoms with E-state index >= 15 is 0 Å². The first-order chi connectivity index (χ1) is 15.7. The van der Waals surface area contributed by atoms with Crippen LogP contribution in [0.3, 0.4) is 0 Å². The summed E-state index contributed by atoms with van der Waals surface area (Å²) in [6, 6.07) is 5.48. The molecular weight excluding hydrogens is 440 g/mol. The molecule has 1 N–H and O–H groups in total. The predicted octanol–water partition coefficient (Wildman–Crippen LogP) is 2.09. The van der Waals surface area contributed by atoms with E-state index in [4.69, 9.17) is 4.74 Å². The molecule has 1 aliphatic carbocycles. The Balaban J connectivity index is 1.39. The van der Waals surface area contributed by atoms with Crippen molar-refractivity contribution in [3.05, 3.63) is 29.8 Å². The molecule has 1 aromatic carbocycles. The zero-order valence-corrected chi connectivity index (χ0v) is 18.4. The fourth-order valence-corrected chi connectivity index (χ4v) is 4.23. The summed E-state index contributed by atoms with van der Waals surface area (Å²) in [6.07, 6.45) is 4.27. The fraction of sp³-hybridized carbons (Fsp3) is 0.545. The number of alkyl halides is 2. The second-order valence-electron chi connectivity index (χ2n) is 8.11. The van der Waals surface area contributed by atoms with Crippen molar-refractivity contribution < 1.29 is 37.4 Å². The molecule has 1 aromatic rings. The maximum Gasteiger partial charge on any atom is 0.387 e. The largest absolute Gasteiger partial charge is 0.454 e. The van der Waals surface area contributed by atoms with Crippen LogP contribution in [0.5, 0.6) is 5.75 Å². The third-order valence-electron chi connectivity index (χ3n) is 6.02. The molecule has 33 heavy (non-hydrogen) atoms. The fourth-order valence-electron chi connectivity index (χ4n) is 4.23. The summed E-state index contributed by atoms with van der Waals surface area (Å²) in [4.78, 5) is 51.8. The molecule has 1 spiro atoms. The second kappa shape index (κ2) is 10.6. The van der Waals surface area contributed by atoms with E-state index in [-0.39, 0.29) is 18.2 Å². The van der Waals surface area contributed by atoms with Crippen LogP contribution < -0.4 is 10.1 Å². The highest BCUT2D eigenvalue weighted by Gasteiger charge is 2.55. The zero-order valence-electron chi connectivity index (χ0n) is 18.4. The number of nitrogens with one attached hydrogen (secondary N) is 1. The van der Waals surface area contributed by atoms with Gasteiger partial charge in [-0.1, -0.05) is 31.4 Å². The van der Waals surface area contributed by atoms with Crippen LogP contribution in [0.25, 0.3) is 0 Å². The van der Waals surface area contributed by atoms with Gasteiger partial charge in [-0.15, -0.1) is 0 Å². The molecule has 11 heteroatoms. The lowest BCUT2D eigenvalue weighted by Crippen LogP contribution is -2.49. The van der Waals surface area contributed by atoms with E-state index in [1.54, 1.807) is 19.2 Å². The maximum atomic E-state index is 12.9. The van der Waals surface area contributed by atoms with Crippen molar-refractivity contribution in [3.63, 3.8) is 0 Å². The topological polar surface area (TPSA) is 105 Å². The molecule has 0 radical (unpaired) electrons. The number of halogens is 2. The van der Waals surface area contributed by atoms with E-state index in [9.17, 15) is 28.0 Å². The molecule has 180 valence electrons. The molecule has 0 bridgehead atoms. The summed E-state index contributed by atoms with van der Waals surface area (Å²) in [5.41, 5.74) is -0.0859. The monoisotopic (exact) mass is 467 g/mol. The van der Waals surface area contributed by atoms with E-state index in [2.05, 4.69) is 10.1 Å². The van der Waals surface area contributed by atoms with Gasteiger partial charge in [-0.2, -0.15) is 8.78 Å². The molecule has 9 nitrogen and oxygen atoms in total. The highest BCUT2D eigenvalue weighted by atomic mass is 19.3. The molecule has 0 unspecified atom stereocenters. The molecule has 1 saturated carbocycles. The number of hydrogen-bond donors (Lipinski definition) is 1. The summed E-state index contributed by atoms with van der Waals surface area (Å²) in [5, 5.41) is 2.58. The number of hydrogen-bond acceptors (Lipinski definition) is 6. The van der Waals surface area contributed by atoms with Crippen molar-refractivity contribution in [3.8, 4) is 5.75 Å². The number of ether oxygens (including phenoxy) is 2. The van der Waals surface area contributed by atoms with Gasteiger partial charge in [0.05, 0.1) is 0 Å². The predicted molar refractivity (Wildman–Crippen MR) is 111 cm³/mol. The Morgan fingerprint density at radius 2 is 1.79 bits per heavy atom. The Kier molecular flexibility index (Phi) is 7.83. The van der Waals surface area contributed by atoms with Crippen LogP contribution in [-0.2, 0) is 25.5 Å². The number of nitrogens with zero attached hydrogens (tertiary/aromatic N) is 2. The first-order valence-electron chi connectivity index (χ1n) is 10.8. The molecule has 1 aliphatic heterocycles. The van der Waals surface area contributed by atoms with Gasteiger partial charge in [0.15, 0.2) is 6.61 Å². The minimum absolute atomic E-state index is 0.0419. The van der Waals surface area contributed by atoms with Crippen molar-refractivity contribution in [1.82, 2.24) is 15.1 Å². The lowest BCUT2D eigenvalue weighted by molar-refractivity contribution is -0.151. The van der Waals surface area contributed by atoms with E-state index in [0.717, 1.165) is 29.7 Å². The van der Waals surface area contributed by atoms with Crippen LogP contribution in [0.4, 0.5) is 13.6 Å². The summed E-state index contributed by atoms with van der Waals surface area (Å²) in [6.45, 7) is -3.74. The van der Waals surface area contributed by atoms with Gasteiger partial charge >= 0.3 is 18.6 Å². The average Bonchev–Trinajstić information content (AvgIpc) is 2.95. The number of esters is 1. The molecule has 1 heterocycles. The molecule has 4 amide bonds. The van der Waals surface area contributed by atoms with Crippen LogP contribution in [-0.4, -0.2) is 72.5 Å². The Morgan fingerprint density at radius 3 is 2.42 bits per heavy atom. The van der Waals surface area contributed by atoms with Crippen molar-refractivity contribution in [2.75, 3.05) is 26.7 Å². The van der Waals surface area contributed by atoms with E-state index in [1.807, 2.05) is 0 Å². The number of rotatable bonds is 9. The van der Waals surface area contributed by atoms with Crippen LogP contribution in [0.1, 0.15) is 37.7 Å². The number of carbonyl (C=O) groups is 4. The molecule has 3 rings (SSSR count). The van der Waals surface area contributed by atoms with Gasteiger partial charge in [-0.25, -0.2) is 4.79 Å². The van der Waals surface area contributed by atoms with Gasteiger partial charge < -0.3 is 19.7 Å². The Bertz CT molecular complexity index is 887. The maximum absolute atomic E-state index is 12.9. The van der Waals surface area contributed by atoms with Gasteiger partial charge in [0.2, 0.25) is 0 Å². The summed E-state index contributed by atoms with van der Waals surface area (Å²) in [7, 11) is 1.57. The van der Waals surface area contributed by atoms with Crippen molar-refractivity contribution in [2.45, 2.75) is 50.7 Å². The van der Waals surface area contributed by atoms with Gasteiger partial charge in [-0.3, -0.25) is 19.3 Å². The van der Waals surface area contributed by atoms with Crippen LogP contribution in [0.2, 0.25) is 0 Å². The Labute approximate surface area is 190 Å². The van der Waals surface area contributed by atoms with E-state index < -0.39 is 43.2 Å². The number of imide groups is 1. The number of benzene rings is 1. The van der Waals surface area contributed by atoms with Gasteiger partial charge in [0.1, 0.15) is 17.8 Å². The minimum atomic E-state index is -2.89. The van der Waals surface area contributed by atoms with Crippen LogP contribution in [0, 0.1) is 0 Å². The lowest BCUT2D eigenvalue weighted by Gasteiger charge is -2.35. The van der Waals surface area contributed by atoms with Crippen LogP contribution >= 0.6 is 0 Å². The van der Waals surface area contributed by atoms with E-state index in [0.29, 0.717) is 19.3 Å². The summed E-state index contributed by atoms with van der Waals surface area (Å²) in [5.74, 6) is -1.73. The smallest absolute Gasteiger partial charge is 0.387 e. The molecule has 0 atom stereocenters. The third-order valence-corrected chi connectivity index (χ3v) is 6.02. The number of amides is 4. The molecule has 1 saturated heterocycles. The van der Waals surface area contributed by atoms with Crippen LogP contribution in [0.15, 0.2) is 24.3 Å². The SMILES string of the molecule is CN1C(=O)N(CC(=O)OCC(=O)NCCc2ccc(OC(F)F)cc2)C(=O)C12CCCCC2.